The molecule has 0 saturated carbocycles. The number of anilines is 1. The lowest BCUT2D eigenvalue weighted by Gasteiger charge is -2.28. The van der Waals surface area contributed by atoms with E-state index in [4.69, 9.17) is 4.74 Å². The van der Waals surface area contributed by atoms with Gasteiger partial charge in [0, 0.05) is 17.8 Å². The Kier molecular flexibility index (Phi) is 9.54. The van der Waals surface area contributed by atoms with Gasteiger partial charge in [0.15, 0.2) is 0 Å². The Bertz CT molecular complexity index is 1100. The average molecular weight is 504 g/mol. The third kappa shape index (κ3) is 7.79. The van der Waals surface area contributed by atoms with Crippen molar-refractivity contribution in [2.45, 2.75) is 31.6 Å². The number of hydrogen-bond acceptors (Lipinski definition) is 6. The van der Waals surface area contributed by atoms with Crippen molar-refractivity contribution in [1.29, 1.82) is 0 Å². The van der Waals surface area contributed by atoms with Gasteiger partial charge in [-0.15, -0.1) is 0 Å². The molecule has 7 nitrogen and oxygen atoms in total. The van der Waals surface area contributed by atoms with Crippen molar-refractivity contribution in [1.82, 2.24) is 10.2 Å². The molecule has 4 rings (SSSR count). The standard InChI is InChI=1S/C30H37N3O4/c1-33-17-15-22(16-18-33)19-31-30(36)25-7-11-26(12-8-25)32-29(28(35)20-34)24-9-13-27(14-10-24)37-21-23-5-3-2-4-6-23/h2-14,22,28-29,32,34-35H,15-21H2,1H3,(H,31,36)/t28-,29?/m1/s1. The zero-order valence-electron chi connectivity index (χ0n) is 21.3. The summed E-state index contributed by atoms with van der Waals surface area (Å²) in [7, 11) is 2.13. The van der Waals surface area contributed by atoms with Crippen molar-refractivity contribution in [3.8, 4) is 5.75 Å². The second kappa shape index (κ2) is 13.2. The maximum absolute atomic E-state index is 12.6. The summed E-state index contributed by atoms with van der Waals surface area (Å²) in [5.74, 6) is 1.17. The number of rotatable bonds is 11. The maximum Gasteiger partial charge on any atom is 0.251 e. The molecule has 7 heteroatoms. The van der Waals surface area contributed by atoms with Crippen LogP contribution in [0.1, 0.15) is 40.4 Å². The Labute approximate surface area is 219 Å². The van der Waals surface area contributed by atoms with E-state index in [-0.39, 0.29) is 12.5 Å². The molecule has 1 saturated heterocycles. The van der Waals surface area contributed by atoms with E-state index in [2.05, 4.69) is 22.6 Å². The Morgan fingerprint density at radius 2 is 1.68 bits per heavy atom. The molecular formula is C30H37N3O4. The van der Waals surface area contributed by atoms with Crippen molar-refractivity contribution in [2.24, 2.45) is 5.92 Å². The van der Waals surface area contributed by atoms with E-state index in [1.165, 1.54) is 0 Å². The number of aliphatic hydroxyl groups is 2. The smallest absolute Gasteiger partial charge is 0.251 e. The fraction of sp³-hybridized carbons (Fsp3) is 0.367. The minimum atomic E-state index is -1.01. The lowest BCUT2D eigenvalue weighted by atomic mass is 9.97. The van der Waals surface area contributed by atoms with Crippen molar-refractivity contribution in [3.63, 3.8) is 0 Å². The predicted octanol–water partition coefficient (Wildman–Crippen LogP) is 3.84. The van der Waals surface area contributed by atoms with Crippen LogP contribution in [0.2, 0.25) is 0 Å². The van der Waals surface area contributed by atoms with Gasteiger partial charge in [-0.1, -0.05) is 42.5 Å². The van der Waals surface area contributed by atoms with Gasteiger partial charge in [0.1, 0.15) is 18.5 Å². The first-order valence-corrected chi connectivity index (χ1v) is 12.9. The van der Waals surface area contributed by atoms with Gasteiger partial charge in [-0.05, 0) is 86.4 Å². The van der Waals surface area contributed by atoms with Gasteiger partial charge in [-0.25, -0.2) is 0 Å². The van der Waals surface area contributed by atoms with E-state index in [9.17, 15) is 15.0 Å². The SMILES string of the molecule is CN1CCC(CNC(=O)c2ccc(NC(c3ccc(OCc4ccccc4)cc3)[C@H](O)CO)cc2)CC1. The van der Waals surface area contributed by atoms with Crippen molar-refractivity contribution in [2.75, 3.05) is 38.6 Å². The van der Waals surface area contributed by atoms with E-state index in [1.807, 2.05) is 66.7 Å². The first kappa shape index (κ1) is 26.7. The van der Waals surface area contributed by atoms with Crippen LogP contribution in [0.5, 0.6) is 5.75 Å². The molecule has 0 radical (unpaired) electrons. The molecule has 0 aliphatic carbocycles. The highest BCUT2D eigenvalue weighted by atomic mass is 16.5. The highest BCUT2D eigenvalue weighted by Gasteiger charge is 2.21. The van der Waals surface area contributed by atoms with Crippen LogP contribution in [0.3, 0.4) is 0 Å². The third-order valence-corrected chi connectivity index (χ3v) is 6.92. The first-order chi connectivity index (χ1) is 18.0. The Morgan fingerprint density at radius 1 is 1.00 bits per heavy atom. The second-order valence-electron chi connectivity index (χ2n) is 9.75. The molecule has 1 heterocycles. The Balaban J connectivity index is 1.33. The Hall–Kier alpha value is -3.39. The van der Waals surface area contributed by atoms with Crippen LogP contribution in [0.4, 0.5) is 5.69 Å². The molecule has 3 aromatic carbocycles. The zero-order chi connectivity index (χ0) is 26.0. The largest absolute Gasteiger partial charge is 0.489 e. The topological polar surface area (TPSA) is 94.1 Å². The summed E-state index contributed by atoms with van der Waals surface area (Å²) in [5.41, 5.74) is 3.24. The molecule has 1 fully saturated rings. The van der Waals surface area contributed by atoms with Crippen LogP contribution in [0, 0.1) is 5.92 Å². The molecular weight excluding hydrogens is 466 g/mol. The van der Waals surface area contributed by atoms with Gasteiger partial charge >= 0.3 is 0 Å². The van der Waals surface area contributed by atoms with Crippen LogP contribution in [0.15, 0.2) is 78.9 Å². The van der Waals surface area contributed by atoms with E-state index in [0.717, 1.165) is 48.5 Å². The van der Waals surface area contributed by atoms with Crippen molar-refractivity contribution < 1.29 is 19.7 Å². The molecule has 2 atom stereocenters. The summed E-state index contributed by atoms with van der Waals surface area (Å²) >= 11 is 0. The number of ether oxygens (including phenoxy) is 1. The number of amides is 1. The number of piperidine rings is 1. The molecule has 1 aliphatic rings. The fourth-order valence-electron chi connectivity index (χ4n) is 4.52. The number of likely N-dealkylation sites (tertiary alicyclic amines) is 1. The zero-order valence-corrected chi connectivity index (χ0v) is 21.3. The van der Waals surface area contributed by atoms with Gasteiger partial charge in [0.2, 0.25) is 0 Å². The van der Waals surface area contributed by atoms with E-state index in [1.54, 1.807) is 12.1 Å². The summed E-state index contributed by atoms with van der Waals surface area (Å²) in [6, 6.07) is 24.1. The number of nitrogens with one attached hydrogen (secondary N) is 2. The van der Waals surface area contributed by atoms with Crippen molar-refractivity contribution >= 4 is 11.6 Å². The molecule has 1 aliphatic heterocycles. The summed E-state index contributed by atoms with van der Waals surface area (Å²) in [5, 5.41) is 26.5. The summed E-state index contributed by atoms with van der Waals surface area (Å²) in [4.78, 5) is 14.9. The van der Waals surface area contributed by atoms with Gasteiger partial charge in [0.05, 0.1) is 12.6 Å². The van der Waals surface area contributed by atoms with E-state index < -0.39 is 12.1 Å². The van der Waals surface area contributed by atoms with Gasteiger partial charge in [0.25, 0.3) is 5.91 Å². The van der Waals surface area contributed by atoms with Crippen LogP contribution < -0.4 is 15.4 Å². The molecule has 37 heavy (non-hydrogen) atoms. The quantitative estimate of drug-likeness (QED) is 0.318. The monoisotopic (exact) mass is 503 g/mol. The number of carbonyl (C=O) groups excluding carboxylic acids is 1. The predicted molar refractivity (Wildman–Crippen MR) is 146 cm³/mol. The lowest BCUT2D eigenvalue weighted by molar-refractivity contribution is 0.0794. The van der Waals surface area contributed by atoms with Crippen LogP contribution in [-0.4, -0.2) is 60.4 Å². The van der Waals surface area contributed by atoms with E-state index in [0.29, 0.717) is 24.6 Å². The maximum atomic E-state index is 12.6. The van der Waals surface area contributed by atoms with Gasteiger partial charge < -0.3 is 30.5 Å². The normalized spacial score (nSPS) is 16.1. The van der Waals surface area contributed by atoms with Crippen LogP contribution in [-0.2, 0) is 6.61 Å². The second-order valence-corrected chi connectivity index (χ2v) is 9.75. The minimum Gasteiger partial charge on any atom is -0.489 e. The highest BCUT2D eigenvalue weighted by molar-refractivity contribution is 5.94. The average Bonchev–Trinajstić information content (AvgIpc) is 2.95. The summed E-state index contributed by atoms with van der Waals surface area (Å²) in [6.07, 6.45) is 1.21. The van der Waals surface area contributed by atoms with Gasteiger partial charge in [-0.2, -0.15) is 0 Å². The van der Waals surface area contributed by atoms with Crippen molar-refractivity contribution in [3.05, 3.63) is 95.6 Å². The number of nitrogens with zero attached hydrogens (tertiary/aromatic N) is 1. The molecule has 1 amide bonds. The lowest BCUT2D eigenvalue weighted by Crippen LogP contribution is -2.36. The molecule has 4 N–H and O–H groups in total. The number of carbonyl (C=O) groups is 1. The fourth-order valence-corrected chi connectivity index (χ4v) is 4.52. The molecule has 0 bridgehead atoms. The number of hydrogen-bond donors (Lipinski definition) is 4. The van der Waals surface area contributed by atoms with E-state index >= 15 is 0 Å². The third-order valence-electron chi connectivity index (χ3n) is 6.92. The van der Waals surface area contributed by atoms with Crippen LogP contribution >= 0.6 is 0 Å². The van der Waals surface area contributed by atoms with Gasteiger partial charge in [-0.3, -0.25) is 4.79 Å². The Morgan fingerprint density at radius 3 is 2.32 bits per heavy atom. The molecule has 196 valence electrons. The molecule has 1 unspecified atom stereocenters. The first-order valence-electron chi connectivity index (χ1n) is 12.9. The highest BCUT2D eigenvalue weighted by Crippen LogP contribution is 2.26. The van der Waals surface area contributed by atoms with Crippen LogP contribution in [0.25, 0.3) is 0 Å². The molecule has 0 aromatic heterocycles. The summed E-state index contributed by atoms with van der Waals surface area (Å²) < 4.78 is 5.86. The summed E-state index contributed by atoms with van der Waals surface area (Å²) in [6.45, 7) is 2.93. The molecule has 0 spiro atoms. The minimum absolute atomic E-state index is 0.0801. The number of aliphatic hydroxyl groups excluding tert-OH is 2. The number of benzene rings is 3. The molecule has 3 aromatic rings.